The molecular weight excluding hydrogens is 296 g/mol. The van der Waals surface area contributed by atoms with Crippen molar-refractivity contribution in [1.82, 2.24) is 4.57 Å². The average molecular weight is 316 g/mol. The smallest absolute Gasteiger partial charge is 0.357 e. The Kier molecular flexibility index (Phi) is 5.94. The Bertz CT molecular complexity index is 697. The van der Waals surface area contributed by atoms with Gasteiger partial charge in [-0.05, 0) is 38.1 Å². The van der Waals surface area contributed by atoms with Crippen LogP contribution in [0.15, 0.2) is 53.5 Å². The molecule has 0 saturated heterocycles. The van der Waals surface area contributed by atoms with E-state index in [1.54, 1.807) is 26.0 Å². The Morgan fingerprint density at radius 3 is 2.52 bits per heavy atom. The summed E-state index contributed by atoms with van der Waals surface area (Å²) in [4.78, 5) is 24.6. The Labute approximate surface area is 134 Å². The lowest BCUT2D eigenvalue weighted by Crippen LogP contribution is -2.33. The van der Waals surface area contributed by atoms with E-state index in [9.17, 15) is 9.59 Å². The van der Waals surface area contributed by atoms with Crippen LogP contribution in [0.1, 0.15) is 20.1 Å². The minimum absolute atomic E-state index is 0.221. The highest BCUT2D eigenvalue weighted by Gasteiger charge is 2.23. The molecule has 1 unspecified atom stereocenters. The summed E-state index contributed by atoms with van der Waals surface area (Å²) in [6.07, 6.45) is 0.417. The molecule has 0 aliphatic carbocycles. The molecule has 0 saturated carbocycles. The second-order valence-corrected chi connectivity index (χ2v) is 4.69. The monoisotopic (exact) mass is 316 g/mol. The number of carbonyl (C=O) groups excluding carboxylic acids is 1. The van der Waals surface area contributed by atoms with E-state index in [4.69, 9.17) is 9.47 Å². The number of nitrogens with one attached hydrogen (secondary N) is 1. The first-order chi connectivity index (χ1) is 11.2. The number of aromatic nitrogens is 1. The summed E-state index contributed by atoms with van der Waals surface area (Å²) in [6, 6.07) is 12.7. The Hall–Kier alpha value is -2.60. The van der Waals surface area contributed by atoms with E-state index in [1.807, 2.05) is 30.3 Å². The number of esters is 1. The van der Waals surface area contributed by atoms with Crippen molar-refractivity contribution >= 4 is 17.3 Å². The van der Waals surface area contributed by atoms with Crippen molar-refractivity contribution in [2.75, 3.05) is 18.5 Å². The highest BCUT2D eigenvalue weighted by molar-refractivity contribution is 5.73. The normalized spacial score (nSPS) is 11.7. The summed E-state index contributed by atoms with van der Waals surface area (Å²) in [7, 11) is 0. The summed E-state index contributed by atoms with van der Waals surface area (Å²) < 4.78 is 11.6. The highest BCUT2D eigenvalue weighted by atomic mass is 16.6. The minimum atomic E-state index is -1.09. The molecule has 23 heavy (non-hydrogen) atoms. The number of benzene rings is 1. The zero-order valence-corrected chi connectivity index (χ0v) is 13.2. The average Bonchev–Trinajstić information content (AvgIpc) is 2.56. The molecule has 0 bridgehead atoms. The quantitative estimate of drug-likeness (QED) is 0.795. The van der Waals surface area contributed by atoms with Gasteiger partial charge >= 0.3 is 5.97 Å². The van der Waals surface area contributed by atoms with Gasteiger partial charge in [0.2, 0.25) is 6.23 Å². The molecule has 6 nitrogen and oxygen atoms in total. The molecule has 1 aromatic heterocycles. The second-order valence-electron chi connectivity index (χ2n) is 4.69. The van der Waals surface area contributed by atoms with Crippen molar-refractivity contribution in [3.8, 4) is 0 Å². The third-order valence-corrected chi connectivity index (χ3v) is 3.09. The number of hydrogen-bond acceptors (Lipinski definition) is 5. The first-order valence-electron chi connectivity index (χ1n) is 7.48. The maximum Gasteiger partial charge on any atom is 0.357 e. The fourth-order valence-electron chi connectivity index (χ4n) is 2.10. The molecular formula is C17H20N2O4. The second kappa shape index (κ2) is 8.14. The van der Waals surface area contributed by atoms with Crippen molar-refractivity contribution < 1.29 is 14.3 Å². The van der Waals surface area contributed by atoms with Crippen molar-refractivity contribution in [2.24, 2.45) is 0 Å². The lowest BCUT2D eigenvalue weighted by molar-refractivity contribution is -0.163. The fourth-order valence-corrected chi connectivity index (χ4v) is 2.10. The van der Waals surface area contributed by atoms with E-state index in [-0.39, 0.29) is 18.8 Å². The van der Waals surface area contributed by atoms with Gasteiger partial charge in [-0.25, -0.2) is 4.79 Å². The van der Waals surface area contributed by atoms with Crippen LogP contribution in [0.2, 0.25) is 0 Å². The van der Waals surface area contributed by atoms with Crippen LogP contribution < -0.4 is 10.9 Å². The van der Waals surface area contributed by atoms with E-state index in [0.29, 0.717) is 5.69 Å². The van der Waals surface area contributed by atoms with Gasteiger partial charge in [-0.3, -0.25) is 9.36 Å². The van der Waals surface area contributed by atoms with E-state index < -0.39 is 12.2 Å². The van der Waals surface area contributed by atoms with Crippen LogP contribution >= 0.6 is 0 Å². The van der Waals surface area contributed by atoms with Crippen LogP contribution in [-0.2, 0) is 14.3 Å². The lowest BCUT2D eigenvalue weighted by Gasteiger charge is -2.19. The van der Waals surface area contributed by atoms with Gasteiger partial charge in [-0.15, -0.1) is 0 Å². The first-order valence-corrected chi connectivity index (χ1v) is 7.48. The van der Waals surface area contributed by atoms with Gasteiger partial charge in [0, 0.05) is 18.5 Å². The molecule has 0 spiro atoms. The summed E-state index contributed by atoms with van der Waals surface area (Å²) in [5, 5.41) is 3.04. The summed E-state index contributed by atoms with van der Waals surface area (Å²) in [5.74, 6) is -0.590. The van der Waals surface area contributed by atoms with Gasteiger partial charge in [0.15, 0.2) is 0 Å². The SMILES string of the molecule is CCOC(=O)C(OCC)n1cccc(Nc2ccccc2)c1=O. The van der Waals surface area contributed by atoms with Crippen molar-refractivity contribution in [2.45, 2.75) is 20.1 Å². The summed E-state index contributed by atoms with van der Waals surface area (Å²) in [5.41, 5.74) is 0.780. The van der Waals surface area contributed by atoms with Gasteiger partial charge in [-0.1, -0.05) is 18.2 Å². The van der Waals surface area contributed by atoms with Crippen molar-refractivity contribution in [3.05, 3.63) is 59.0 Å². The molecule has 2 aromatic rings. The topological polar surface area (TPSA) is 69.6 Å². The molecule has 122 valence electrons. The van der Waals surface area contributed by atoms with Crippen LogP contribution in [-0.4, -0.2) is 23.8 Å². The number of ether oxygens (including phenoxy) is 2. The van der Waals surface area contributed by atoms with Crippen LogP contribution in [0, 0.1) is 0 Å². The van der Waals surface area contributed by atoms with Gasteiger partial charge in [0.1, 0.15) is 5.69 Å². The van der Waals surface area contributed by atoms with Crippen LogP contribution in [0.3, 0.4) is 0 Å². The zero-order chi connectivity index (χ0) is 16.7. The number of anilines is 2. The van der Waals surface area contributed by atoms with Gasteiger partial charge < -0.3 is 14.8 Å². The molecule has 0 fully saturated rings. The number of nitrogens with zero attached hydrogens (tertiary/aromatic N) is 1. The third kappa shape index (κ3) is 4.20. The predicted molar refractivity (Wildman–Crippen MR) is 87.7 cm³/mol. The Morgan fingerprint density at radius 2 is 1.87 bits per heavy atom. The molecule has 1 N–H and O–H groups in total. The molecule has 1 atom stereocenters. The molecule has 1 heterocycles. The van der Waals surface area contributed by atoms with Crippen molar-refractivity contribution in [1.29, 1.82) is 0 Å². The summed E-state index contributed by atoms with van der Waals surface area (Å²) in [6.45, 7) is 3.96. The van der Waals surface area contributed by atoms with Crippen molar-refractivity contribution in [3.63, 3.8) is 0 Å². The molecule has 2 rings (SSSR count). The maximum absolute atomic E-state index is 12.6. The number of rotatable bonds is 7. The molecule has 0 aliphatic rings. The van der Waals surface area contributed by atoms with Gasteiger partial charge in [0.05, 0.1) is 6.61 Å². The number of pyridine rings is 1. The van der Waals surface area contributed by atoms with Crippen LogP contribution in [0.25, 0.3) is 0 Å². The van der Waals surface area contributed by atoms with Gasteiger partial charge in [-0.2, -0.15) is 0 Å². The number of carbonyl (C=O) groups is 1. The molecule has 6 heteroatoms. The largest absolute Gasteiger partial charge is 0.463 e. The maximum atomic E-state index is 12.6. The first kappa shape index (κ1) is 16.8. The van der Waals surface area contributed by atoms with E-state index in [0.717, 1.165) is 5.69 Å². The Morgan fingerprint density at radius 1 is 1.13 bits per heavy atom. The van der Waals surface area contributed by atoms with E-state index >= 15 is 0 Å². The highest BCUT2D eigenvalue weighted by Crippen LogP contribution is 2.14. The molecule has 0 amide bonds. The minimum Gasteiger partial charge on any atom is -0.463 e. The zero-order valence-electron chi connectivity index (χ0n) is 13.2. The summed E-state index contributed by atoms with van der Waals surface area (Å²) >= 11 is 0. The number of hydrogen-bond donors (Lipinski definition) is 1. The van der Waals surface area contributed by atoms with E-state index in [1.165, 1.54) is 10.8 Å². The predicted octanol–water partition coefficient (Wildman–Crippen LogP) is 2.69. The number of para-hydroxylation sites is 1. The van der Waals surface area contributed by atoms with E-state index in [2.05, 4.69) is 5.32 Å². The lowest BCUT2D eigenvalue weighted by atomic mass is 10.3. The standard InChI is InChI=1S/C17H20N2O4/c1-3-22-16(17(21)23-4-2)19-12-8-11-14(15(19)20)18-13-9-6-5-7-10-13/h5-12,16,18H,3-4H2,1-2H3. The Balaban J connectivity index is 2.33. The van der Waals surface area contributed by atoms with Crippen LogP contribution in [0.5, 0.6) is 0 Å². The fraction of sp³-hybridized carbons (Fsp3) is 0.294. The van der Waals surface area contributed by atoms with Crippen LogP contribution in [0.4, 0.5) is 11.4 Å². The van der Waals surface area contributed by atoms with Gasteiger partial charge in [0.25, 0.3) is 5.56 Å². The molecule has 0 aliphatic heterocycles. The molecule has 1 aromatic carbocycles. The molecule has 0 radical (unpaired) electrons. The third-order valence-electron chi connectivity index (χ3n) is 3.09.